The Morgan fingerprint density at radius 3 is 2.21 bits per heavy atom. The minimum absolute atomic E-state index is 0.525. The second-order valence-electron chi connectivity index (χ2n) is 5.45. The van der Waals surface area contributed by atoms with Gasteiger partial charge in [0.2, 0.25) is 0 Å². The van der Waals surface area contributed by atoms with Gasteiger partial charge >= 0.3 is 0 Å². The smallest absolute Gasteiger partial charge is 0.0354 e. The Morgan fingerprint density at radius 1 is 0.947 bits per heavy atom. The van der Waals surface area contributed by atoms with Gasteiger partial charge in [0.25, 0.3) is 0 Å². The molecule has 0 unspecified atom stereocenters. The van der Waals surface area contributed by atoms with E-state index in [2.05, 4.69) is 83.5 Å². The van der Waals surface area contributed by atoms with E-state index in [-0.39, 0.29) is 0 Å². The maximum Gasteiger partial charge on any atom is 0.0354 e. The van der Waals surface area contributed by atoms with Crippen LogP contribution in [0.1, 0.15) is 35.1 Å². The zero-order valence-corrected chi connectivity index (χ0v) is 12.9. The van der Waals surface area contributed by atoms with Crippen molar-refractivity contribution < 1.29 is 0 Å². The highest BCUT2D eigenvalue weighted by molar-refractivity contribution is 9.10. The molecule has 1 aliphatic rings. The van der Waals surface area contributed by atoms with Gasteiger partial charge in [0.1, 0.15) is 0 Å². The largest absolute Gasteiger partial charge is 0.302 e. The van der Waals surface area contributed by atoms with Crippen molar-refractivity contribution in [2.24, 2.45) is 0 Å². The first-order valence-electron chi connectivity index (χ1n) is 6.67. The van der Waals surface area contributed by atoms with Crippen molar-refractivity contribution in [2.75, 3.05) is 14.1 Å². The SMILES string of the molecule is CN(C)[C@H]1C[C@@H](c2ccc(Br)cc2)c2ccccc21. The van der Waals surface area contributed by atoms with Gasteiger partial charge < -0.3 is 4.90 Å². The highest BCUT2D eigenvalue weighted by atomic mass is 79.9. The van der Waals surface area contributed by atoms with Gasteiger partial charge in [0.15, 0.2) is 0 Å². The summed E-state index contributed by atoms with van der Waals surface area (Å²) in [6.45, 7) is 0. The number of rotatable bonds is 2. The molecule has 98 valence electrons. The topological polar surface area (TPSA) is 3.24 Å². The van der Waals surface area contributed by atoms with Crippen molar-refractivity contribution in [3.8, 4) is 0 Å². The van der Waals surface area contributed by atoms with Crippen LogP contribution in [-0.4, -0.2) is 19.0 Å². The molecular weight excluding hydrogens is 298 g/mol. The predicted molar refractivity (Wildman–Crippen MR) is 83.5 cm³/mol. The minimum atomic E-state index is 0.525. The van der Waals surface area contributed by atoms with Crippen molar-refractivity contribution in [3.63, 3.8) is 0 Å². The van der Waals surface area contributed by atoms with Gasteiger partial charge in [-0.1, -0.05) is 52.3 Å². The fourth-order valence-corrected chi connectivity index (χ4v) is 3.37. The number of fused-ring (bicyclic) bond motifs is 1. The summed E-state index contributed by atoms with van der Waals surface area (Å²) in [5.41, 5.74) is 4.39. The number of nitrogens with zero attached hydrogens (tertiary/aromatic N) is 1. The molecule has 0 heterocycles. The van der Waals surface area contributed by atoms with Gasteiger partial charge in [-0.25, -0.2) is 0 Å². The van der Waals surface area contributed by atoms with Crippen molar-refractivity contribution in [3.05, 3.63) is 69.7 Å². The number of halogens is 1. The molecule has 0 radical (unpaired) electrons. The lowest BCUT2D eigenvalue weighted by Gasteiger charge is -2.20. The van der Waals surface area contributed by atoms with Crippen molar-refractivity contribution in [2.45, 2.75) is 18.4 Å². The van der Waals surface area contributed by atoms with Crippen LogP contribution in [0.15, 0.2) is 53.0 Å². The van der Waals surface area contributed by atoms with E-state index in [0.717, 1.165) is 4.47 Å². The molecule has 19 heavy (non-hydrogen) atoms. The van der Waals surface area contributed by atoms with Crippen LogP contribution >= 0.6 is 15.9 Å². The average molecular weight is 316 g/mol. The maximum atomic E-state index is 3.51. The van der Waals surface area contributed by atoms with Crippen LogP contribution in [0.5, 0.6) is 0 Å². The lowest BCUT2D eigenvalue weighted by Crippen LogP contribution is -2.17. The maximum absolute atomic E-state index is 3.51. The summed E-state index contributed by atoms with van der Waals surface area (Å²) in [6, 6.07) is 18.2. The first kappa shape index (κ1) is 12.9. The second kappa shape index (κ2) is 5.10. The summed E-state index contributed by atoms with van der Waals surface area (Å²) in [4.78, 5) is 2.33. The van der Waals surface area contributed by atoms with Crippen LogP contribution in [0.2, 0.25) is 0 Å². The number of benzene rings is 2. The third kappa shape index (κ3) is 2.35. The average Bonchev–Trinajstić information content (AvgIpc) is 2.79. The molecular formula is C17H18BrN. The molecule has 2 heteroatoms. The van der Waals surface area contributed by atoms with Crippen LogP contribution in [0.25, 0.3) is 0 Å². The van der Waals surface area contributed by atoms with E-state index in [1.807, 2.05) is 0 Å². The Bertz CT molecular complexity index is 574. The molecule has 0 N–H and O–H groups in total. The summed E-state index contributed by atoms with van der Waals surface area (Å²) in [7, 11) is 4.34. The fourth-order valence-electron chi connectivity index (χ4n) is 3.11. The normalized spacial score (nSPS) is 21.7. The highest BCUT2D eigenvalue weighted by Gasteiger charge is 2.32. The lowest BCUT2D eigenvalue weighted by molar-refractivity contribution is 0.293. The van der Waals surface area contributed by atoms with Crippen molar-refractivity contribution in [1.82, 2.24) is 4.90 Å². The molecule has 3 rings (SSSR count). The van der Waals surface area contributed by atoms with Crippen LogP contribution < -0.4 is 0 Å². The van der Waals surface area contributed by atoms with Crippen molar-refractivity contribution >= 4 is 15.9 Å². The Labute approximate surface area is 123 Å². The molecule has 0 saturated carbocycles. The minimum Gasteiger partial charge on any atom is -0.302 e. The van der Waals surface area contributed by atoms with Crippen LogP contribution in [0.3, 0.4) is 0 Å². The van der Waals surface area contributed by atoms with E-state index in [1.165, 1.54) is 23.1 Å². The fraction of sp³-hybridized carbons (Fsp3) is 0.294. The van der Waals surface area contributed by atoms with E-state index < -0.39 is 0 Å². The molecule has 2 atom stereocenters. The molecule has 0 bridgehead atoms. The number of hydrogen-bond donors (Lipinski definition) is 0. The molecule has 0 amide bonds. The first-order valence-corrected chi connectivity index (χ1v) is 7.47. The zero-order valence-electron chi connectivity index (χ0n) is 11.3. The van der Waals surface area contributed by atoms with Gasteiger partial charge in [0.05, 0.1) is 0 Å². The molecule has 1 aliphatic carbocycles. The zero-order chi connectivity index (χ0) is 13.4. The molecule has 0 fully saturated rings. The molecule has 0 saturated heterocycles. The molecule has 2 aromatic carbocycles. The van der Waals surface area contributed by atoms with E-state index in [4.69, 9.17) is 0 Å². The molecule has 0 aliphatic heterocycles. The summed E-state index contributed by atoms with van der Waals surface area (Å²) in [5, 5.41) is 0. The van der Waals surface area contributed by atoms with E-state index in [9.17, 15) is 0 Å². The standard InChI is InChI=1S/C17H18BrN/c1-19(2)17-11-16(12-7-9-13(18)10-8-12)14-5-3-4-6-15(14)17/h3-10,16-17H,11H2,1-2H3/t16-,17-/m0/s1. The Morgan fingerprint density at radius 2 is 1.58 bits per heavy atom. The Kier molecular flexibility index (Phi) is 3.46. The number of hydrogen-bond acceptors (Lipinski definition) is 1. The predicted octanol–water partition coefficient (Wildman–Crippen LogP) is 4.59. The Hall–Kier alpha value is -1.12. The second-order valence-corrected chi connectivity index (χ2v) is 6.36. The van der Waals surface area contributed by atoms with Crippen molar-refractivity contribution in [1.29, 1.82) is 0 Å². The van der Waals surface area contributed by atoms with Gasteiger partial charge in [0, 0.05) is 16.4 Å². The van der Waals surface area contributed by atoms with E-state index >= 15 is 0 Å². The van der Waals surface area contributed by atoms with Gasteiger partial charge in [-0.05, 0) is 49.3 Å². The molecule has 0 spiro atoms. The molecule has 2 aromatic rings. The first-order chi connectivity index (χ1) is 9.16. The quantitative estimate of drug-likeness (QED) is 0.783. The van der Waals surface area contributed by atoms with Crippen LogP contribution in [0.4, 0.5) is 0 Å². The third-order valence-electron chi connectivity index (χ3n) is 4.09. The molecule has 0 aromatic heterocycles. The Balaban J connectivity index is 2.03. The summed E-state index contributed by atoms with van der Waals surface area (Å²) in [5.74, 6) is 0.525. The van der Waals surface area contributed by atoms with Gasteiger partial charge in [-0.3, -0.25) is 0 Å². The van der Waals surface area contributed by atoms with Gasteiger partial charge in [-0.15, -0.1) is 0 Å². The van der Waals surface area contributed by atoms with Gasteiger partial charge in [-0.2, -0.15) is 0 Å². The summed E-state index contributed by atoms with van der Waals surface area (Å²) in [6.07, 6.45) is 1.17. The van der Waals surface area contributed by atoms with Crippen LogP contribution in [-0.2, 0) is 0 Å². The third-order valence-corrected chi connectivity index (χ3v) is 4.61. The van der Waals surface area contributed by atoms with Crippen LogP contribution in [0, 0.1) is 0 Å². The van der Waals surface area contributed by atoms with E-state index in [1.54, 1.807) is 0 Å². The monoisotopic (exact) mass is 315 g/mol. The van der Waals surface area contributed by atoms with E-state index in [0.29, 0.717) is 12.0 Å². The lowest BCUT2D eigenvalue weighted by atomic mass is 9.93. The summed E-state index contributed by atoms with van der Waals surface area (Å²) < 4.78 is 1.15. The molecule has 1 nitrogen and oxygen atoms in total. The highest BCUT2D eigenvalue weighted by Crippen LogP contribution is 2.45. The summed E-state index contributed by atoms with van der Waals surface area (Å²) >= 11 is 3.51.